The lowest BCUT2D eigenvalue weighted by Gasteiger charge is -2.11. The van der Waals surface area contributed by atoms with Gasteiger partial charge in [0.1, 0.15) is 23.8 Å². The van der Waals surface area contributed by atoms with E-state index >= 15 is 0 Å². The number of nitrogens with zero attached hydrogens (tertiary/aromatic N) is 3. The second-order valence-electron chi connectivity index (χ2n) is 7.46. The van der Waals surface area contributed by atoms with Gasteiger partial charge in [0.15, 0.2) is 0 Å². The average Bonchev–Trinajstić information content (AvgIpc) is 2.80. The number of pyridine rings is 1. The molecule has 0 saturated heterocycles. The van der Waals surface area contributed by atoms with Crippen LogP contribution in [0, 0.1) is 6.92 Å². The monoisotopic (exact) mass is 500 g/mol. The summed E-state index contributed by atoms with van der Waals surface area (Å²) in [7, 11) is -4.06. The molecule has 2 aromatic carbocycles. The number of aromatic nitrogens is 3. The molecular formula is C23H19F3N6O2S. The van der Waals surface area contributed by atoms with Gasteiger partial charge in [0.2, 0.25) is 0 Å². The average molecular weight is 501 g/mol. The number of sulfonamides is 1. The third-order valence-electron chi connectivity index (χ3n) is 4.74. The fourth-order valence-electron chi connectivity index (χ4n) is 3.04. The molecule has 0 atom stereocenters. The van der Waals surface area contributed by atoms with E-state index in [4.69, 9.17) is 0 Å². The van der Waals surface area contributed by atoms with E-state index in [-0.39, 0.29) is 10.6 Å². The minimum Gasteiger partial charge on any atom is -0.340 e. The van der Waals surface area contributed by atoms with E-state index in [1.807, 2.05) is 19.1 Å². The first-order valence-electron chi connectivity index (χ1n) is 10.2. The molecule has 0 aliphatic heterocycles. The van der Waals surface area contributed by atoms with Crippen LogP contribution < -0.4 is 15.4 Å². The van der Waals surface area contributed by atoms with Crippen molar-refractivity contribution in [1.29, 1.82) is 0 Å². The quantitative estimate of drug-likeness (QED) is 0.308. The molecular weight excluding hydrogens is 481 g/mol. The minimum atomic E-state index is -4.55. The molecule has 12 heteroatoms. The first-order valence-corrected chi connectivity index (χ1v) is 11.7. The van der Waals surface area contributed by atoms with Gasteiger partial charge in [-0.1, -0.05) is 0 Å². The Hall–Kier alpha value is -4.19. The molecule has 0 radical (unpaired) electrons. The van der Waals surface area contributed by atoms with E-state index in [0.29, 0.717) is 23.1 Å². The van der Waals surface area contributed by atoms with Crippen LogP contribution in [0.4, 0.5) is 42.0 Å². The van der Waals surface area contributed by atoms with Crippen LogP contribution in [0.5, 0.6) is 0 Å². The van der Waals surface area contributed by atoms with E-state index in [0.717, 1.165) is 29.8 Å². The van der Waals surface area contributed by atoms with Crippen LogP contribution in [0.3, 0.4) is 0 Å². The number of hydrogen-bond donors (Lipinski definition) is 3. The highest BCUT2D eigenvalue weighted by Gasteiger charge is 2.30. The van der Waals surface area contributed by atoms with Gasteiger partial charge in [-0.3, -0.25) is 4.72 Å². The van der Waals surface area contributed by atoms with Crippen molar-refractivity contribution in [3.63, 3.8) is 0 Å². The van der Waals surface area contributed by atoms with Crippen molar-refractivity contribution in [3.8, 4) is 0 Å². The molecule has 0 spiro atoms. The number of rotatable bonds is 7. The van der Waals surface area contributed by atoms with Crippen LogP contribution in [0.15, 0.2) is 84.1 Å². The largest absolute Gasteiger partial charge is 0.416 e. The molecule has 0 unspecified atom stereocenters. The van der Waals surface area contributed by atoms with Gasteiger partial charge in [-0.25, -0.2) is 23.4 Å². The molecule has 0 amide bonds. The summed E-state index contributed by atoms with van der Waals surface area (Å²) in [6.45, 7) is 1.95. The summed E-state index contributed by atoms with van der Waals surface area (Å²) < 4.78 is 65.5. The molecule has 3 N–H and O–H groups in total. The molecule has 2 heterocycles. The van der Waals surface area contributed by atoms with Crippen molar-refractivity contribution in [2.75, 3.05) is 15.4 Å². The van der Waals surface area contributed by atoms with Gasteiger partial charge in [-0.2, -0.15) is 13.2 Å². The van der Waals surface area contributed by atoms with Gasteiger partial charge in [0, 0.05) is 23.6 Å². The molecule has 2 aromatic heterocycles. The number of halogens is 3. The molecule has 0 saturated carbocycles. The molecule has 180 valence electrons. The lowest BCUT2D eigenvalue weighted by molar-refractivity contribution is -0.137. The number of anilines is 5. The van der Waals surface area contributed by atoms with Crippen molar-refractivity contribution in [2.24, 2.45) is 0 Å². The summed E-state index contributed by atoms with van der Waals surface area (Å²) in [4.78, 5) is 12.3. The first-order chi connectivity index (χ1) is 16.6. The molecule has 0 bridgehead atoms. The van der Waals surface area contributed by atoms with Crippen molar-refractivity contribution in [1.82, 2.24) is 15.0 Å². The Balaban J connectivity index is 1.42. The Kier molecular flexibility index (Phi) is 6.56. The Bertz CT molecular complexity index is 1430. The fraction of sp³-hybridized carbons (Fsp3) is 0.0870. The van der Waals surface area contributed by atoms with Crippen molar-refractivity contribution >= 4 is 38.9 Å². The Morgan fingerprint density at radius 2 is 1.34 bits per heavy atom. The van der Waals surface area contributed by atoms with Crippen LogP contribution in [0.25, 0.3) is 0 Å². The number of nitrogens with one attached hydrogen (secondary N) is 3. The highest BCUT2D eigenvalue weighted by molar-refractivity contribution is 7.92. The standard InChI is InChI=1S/C23H19F3N6O2S/c1-15-10-11-27-20(12-15)31-22-13-21(28-14-29-22)30-17-4-6-18(7-5-17)32-35(33,34)19-8-2-16(3-9-19)23(24,25)26/h2-14,32H,1H3,(H2,27,28,29,30,31). The molecule has 0 fully saturated rings. The zero-order valence-corrected chi connectivity index (χ0v) is 19.0. The number of benzene rings is 2. The Morgan fingerprint density at radius 1 is 0.743 bits per heavy atom. The normalized spacial score (nSPS) is 11.7. The molecule has 0 aliphatic rings. The van der Waals surface area contributed by atoms with Gasteiger partial charge in [0.05, 0.1) is 10.5 Å². The van der Waals surface area contributed by atoms with E-state index in [1.165, 1.54) is 18.5 Å². The van der Waals surface area contributed by atoms with Crippen molar-refractivity contribution in [3.05, 3.63) is 90.4 Å². The fourth-order valence-corrected chi connectivity index (χ4v) is 4.10. The van der Waals surface area contributed by atoms with Crippen molar-refractivity contribution < 1.29 is 21.6 Å². The van der Waals surface area contributed by atoms with Gasteiger partial charge in [0.25, 0.3) is 10.0 Å². The summed E-state index contributed by atoms with van der Waals surface area (Å²) in [5.41, 5.74) is 0.987. The number of alkyl halides is 3. The molecule has 35 heavy (non-hydrogen) atoms. The predicted octanol–water partition coefficient (Wildman–Crippen LogP) is 5.49. The van der Waals surface area contributed by atoms with Gasteiger partial charge in [-0.05, 0) is 73.2 Å². The summed E-state index contributed by atoms with van der Waals surface area (Å²) in [5, 5.41) is 6.18. The summed E-state index contributed by atoms with van der Waals surface area (Å²) in [5.74, 6) is 1.66. The zero-order chi connectivity index (χ0) is 25.1. The van der Waals surface area contributed by atoms with Gasteiger partial charge in [-0.15, -0.1) is 0 Å². The lowest BCUT2D eigenvalue weighted by Crippen LogP contribution is -2.13. The highest BCUT2D eigenvalue weighted by Crippen LogP contribution is 2.30. The van der Waals surface area contributed by atoms with Crippen LogP contribution in [-0.4, -0.2) is 23.4 Å². The van der Waals surface area contributed by atoms with E-state index in [9.17, 15) is 21.6 Å². The maximum absolute atomic E-state index is 12.7. The molecule has 4 rings (SSSR count). The summed E-state index contributed by atoms with van der Waals surface area (Å²) >= 11 is 0. The molecule has 0 aliphatic carbocycles. The van der Waals surface area contributed by atoms with Crippen LogP contribution in [0.2, 0.25) is 0 Å². The predicted molar refractivity (Wildman–Crippen MR) is 126 cm³/mol. The third kappa shape index (κ3) is 6.23. The number of hydrogen-bond acceptors (Lipinski definition) is 7. The Labute approximate surface area is 199 Å². The first kappa shape index (κ1) is 24.0. The van der Waals surface area contributed by atoms with E-state index in [1.54, 1.807) is 24.4 Å². The van der Waals surface area contributed by atoms with Crippen LogP contribution >= 0.6 is 0 Å². The number of aryl methyl sites for hydroxylation is 1. The van der Waals surface area contributed by atoms with E-state index < -0.39 is 21.8 Å². The van der Waals surface area contributed by atoms with E-state index in [2.05, 4.69) is 30.3 Å². The highest BCUT2D eigenvalue weighted by atomic mass is 32.2. The second kappa shape index (κ2) is 9.58. The SMILES string of the molecule is Cc1ccnc(Nc2cc(Nc3ccc(NS(=O)(=O)c4ccc(C(F)(F)F)cc4)cc3)ncn2)c1. The maximum atomic E-state index is 12.7. The van der Waals surface area contributed by atoms with Crippen LogP contribution in [0.1, 0.15) is 11.1 Å². The Morgan fingerprint density at radius 3 is 1.97 bits per heavy atom. The topological polar surface area (TPSA) is 109 Å². The minimum absolute atomic E-state index is 0.242. The second-order valence-corrected chi connectivity index (χ2v) is 9.14. The third-order valence-corrected chi connectivity index (χ3v) is 6.14. The summed E-state index contributed by atoms with van der Waals surface area (Å²) in [6.07, 6.45) is -1.48. The van der Waals surface area contributed by atoms with Gasteiger partial charge < -0.3 is 10.6 Å². The smallest absolute Gasteiger partial charge is 0.340 e. The zero-order valence-electron chi connectivity index (χ0n) is 18.2. The lowest BCUT2D eigenvalue weighted by atomic mass is 10.2. The molecule has 8 nitrogen and oxygen atoms in total. The summed E-state index contributed by atoms with van der Waals surface area (Å²) in [6, 6.07) is 15.0. The van der Waals surface area contributed by atoms with Crippen LogP contribution in [-0.2, 0) is 16.2 Å². The van der Waals surface area contributed by atoms with Crippen molar-refractivity contribution in [2.45, 2.75) is 18.0 Å². The maximum Gasteiger partial charge on any atom is 0.416 e. The van der Waals surface area contributed by atoms with Gasteiger partial charge >= 0.3 is 6.18 Å². The molecule has 4 aromatic rings.